The molecule has 3 rings (SSSR count). The van der Waals surface area contributed by atoms with Gasteiger partial charge < -0.3 is 24.4 Å². The first-order chi connectivity index (χ1) is 15.0. The van der Waals surface area contributed by atoms with E-state index >= 15 is 0 Å². The SMILES string of the molecule is COc1ccc(C[NH+](C)Cc2ccc(C(=O)Nc3ccccc3)cc2)c(OC)c1OC. The summed E-state index contributed by atoms with van der Waals surface area (Å²) < 4.78 is 16.4. The van der Waals surface area contributed by atoms with E-state index in [1.807, 2.05) is 66.7 Å². The maximum Gasteiger partial charge on any atom is 0.255 e. The van der Waals surface area contributed by atoms with Gasteiger partial charge in [-0.2, -0.15) is 0 Å². The van der Waals surface area contributed by atoms with Crippen LogP contribution in [-0.2, 0) is 13.1 Å². The number of ether oxygens (including phenoxy) is 3. The monoisotopic (exact) mass is 421 g/mol. The molecule has 0 fully saturated rings. The highest BCUT2D eigenvalue weighted by Gasteiger charge is 2.18. The van der Waals surface area contributed by atoms with Crippen molar-refractivity contribution in [3.05, 3.63) is 83.4 Å². The van der Waals surface area contributed by atoms with Gasteiger partial charge in [0.2, 0.25) is 5.75 Å². The van der Waals surface area contributed by atoms with Crippen LogP contribution in [0.1, 0.15) is 21.5 Å². The lowest BCUT2D eigenvalue weighted by Crippen LogP contribution is -3.06. The molecule has 0 aliphatic heterocycles. The van der Waals surface area contributed by atoms with E-state index in [4.69, 9.17) is 14.2 Å². The van der Waals surface area contributed by atoms with Crippen LogP contribution in [0.15, 0.2) is 66.7 Å². The van der Waals surface area contributed by atoms with Gasteiger partial charge in [-0.25, -0.2) is 0 Å². The van der Waals surface area contributed by atoms with Crippen LogP contribution >= 0.6 is 0 Å². The average molecular weight is 422 g/mol. The molecule has 0 heterocycles. The predicted octanol–water partition coefficient (Wildman–Crippen LogP) is 3.18. The lowest BCUT2D eigenvalue weighted by atomic mass is 10.1. The molecular weight excluding hydrogens is 392 g/mol. The van der Waals surface area contributed by atoms with Crippen molar-refractivity contribution in [3.8, 4) is 17.2 Å². The fraction of sp³-hybridized carbons (Fsp3) is 0.240. The largest absolute Gasteiger partial charge is 0.493 e. The summed E-state index contributed by atoms with van der Waals surface area (Å²) in [5.74, 6) is 1.82. The summed E-state index contributed by atoms with van der Waals surface area (Å²) in [6.07, 6.45) is 0. The molecule has 162 valence electrons. The third kappa shape index (κ3) is 5.55. The Morgan fingerprint density at radius 1 is 0.806 bits per heavy atom. The smallest absolute Gasteiger partial charge is 0.255 e. The number of carbonyl (C=O) groups is 1. The molecule has 0 saturated carbocycles. The second-order valence-electron chi connectivity index (χ2n) is 7.32. The zero-order valence-corrected chi connectivity index (χ0v) is 18.4. The lowest BCUT2D eigenvalue weighted by molar-refractivity contribution is -0.907. The fourth-order valence-corrected chi connectivity index (χ4v) is 3.54. The van der Waals surface area contributed by atoms with Crippen LogP contribution in [0.4, 0.5) is 5.69 Å². The minimum absolute atomic E-state index is 0.117. The van der Waals surface area contributed by atoms with Crippen LogP contribution in [0.5, 0.6) is 17.2 Å². The number of quaternary nitrogens is 1. The number of amides is 1. The van der Waals surface area contributed by atoms with E-state index in [0.29, 0.717) is 22.8 Å². The molecule has 0 aliphatic rings. The zero-order valence-electron chi connectivity index (χ0n) is 18.4. The molecule has 2 N–H and O–H groups in total. The molecule has 0 bridgehead atoms. The molecular formula is C25H29N2O4+. The molecule has 1 unspecified atom stereocenters. The fourth-order valence-electron chi connectivity index (χ4n) is 3.54. The van der Waals surface area contributed by atoms with Crippen molar-refractivity contribution in [2.75, 3.05) is 33.7 Å². The van der Waals surface area contributed by atoms with Crippen LogP contribution in [0, 0.1) is 0 Å². The summed E-state index contributed by atoms with van der Waals surface area (Å²) in [4.78, 5) is 13.7. The molecule has 0 saturated heterocycles. The quantitative estimate of drug-likeness (QED) is 0.557. The van der Waals surface area contributed by atoms with Gasteiger partial charge in [-0.3, -0.25) is 4.79 Å². The van der Waals surface area contributed by atoms with E-state index in [9.17, 15) is 4.79 Å². The molecule has 6 nitrogen and oxygen atoms in total. The molecule has 31 heavy (non-hydrogen) atoms. The number of nitrogens with one attached hydrogen (secondary N) is 2. The van der Waals surface area contributed by atoms with Gasteiger partial charge in [0.25, 0.3) is 5.91 Å². The first-order valence-corrected chi connectivity index (χ1v) is 10.1. The Balaban J connectivity index is 1.65. The van der Waals surface area contributed by atoms with Gasteiger partial charge in [-0.1, -0.05) is 30.3 Å². The Kier molecular flexibility index (Phi) is 7.51. The average Bonchev–Trinajstić information content (AvgIpc) is 2.79. The first kappa shape index (κ1) is 22.2. The molecule has 0 radical (unpaired) electrons. The molecule has 0 aliphatic carbocycles. The van der Waals surface area contributed by atoms with E-state index in [1.54, 1.807) is 21.3 Å². The van der Waals surface area contributed by atoms with Gasteiger partial charge in [0.05, 0.1) is 33.9 Å². The molecule has 3 aromatic carbocycles. The number of benzene rings is 3. The molecule has 1 amide bonds. The number of methoxy groups -OCH3 is 3. The summed E-state index contributed by atoms with van der Waals surface area (Å²) >= 11 is 0. The Bertz CT molecular complexity index is 1000. The third-order valence-corrected chi connectivity index (χ3v) is 5.03. The number of hydrogen-bond donors (Lipinski definition) is 2. The van der Waals surface area contributed by atoms with Crippen LogP contribution in [0.2, 0.25) is 0 Å². The molecule has 0 aromatic heterocycles. The Labute approximate surface area is 183 Å². The van der Waals surface area contributed by atoms with Gasteiger partial charge in [0.1, 0.15) is 13.1 Å². The highest BCUT2D eigenvalue weighted by Crippen LogP contribution is 2.39. The van der Waals surface area contributed by atoms with E-state index in [1.165, 1.54) is 4.90 Å². The van der Waals surface area contributed by atoms with Crippen LogP contribution in [0.3, 0.4) is 0 Å². The second-order valence-corrected chi connectivity index (χ2v) is 7.32. The van der Waals surface area contributed by atoms with Crippen molar-refractivity contribution in [2.45, 2.75) is 13.1 Å². The number of rotatable bonds is 9. The predicted molar refractivity (Wildman–Crippen MR) is 121 cm³/mol. The van der Waals surface area contributed by atoms with Gasteiger partial charge >= 0.3 is 0 Å². The highest BCUT2D eigenvalue weighted by molar-refractivity contribution is 6.04. The van der Waals surface area contributed by atoms with Gasteiger partial charge in [-0.05, 0) is 36.4 Å². The summed E-state index contributed by atoms with van der Waals surface area (Å²) in [7, 11) is 6.97. The standard InChI is InChI=1S/C25H28N2O4/c1-27(17-20-14-15-22(29-2)24(31-4)23(20)30-3)16-18-10-12-19(13-11-18)25(28)26-21-8-6-5-7-9-21/h5-15H,16-17H2,1-4H3,(H,26,28)/p+1. The summed E-state index contributed by atoms with van der Waals surface area (Å²) in [6.45, 7) is 1.55. The van der Waals surface area contributed by atoms with Crippen LogP contribution < -0.4 is 24.4 Å². The van der Waals surface area contributed by atoms with Gasteiger partial charge in [0.15, 0.2) is 11.5 Å². The second kappa shape index (κ2) is 10.5. The number of carbonyl (C=O) groups excluding carboxylic acids is 1. The van der Waals surface area contributed by atoms with Crippen LogP contribution in [0.25, 0.3) is 0 Å². The molecule has 3 aromatic rings. The summed E-state index contributed by atoms with van der Waals surface area (Å²) in [5.41, 5.74) is 3.60. The number of para-hydroxylation sites is 1. The van der Waals surface area contributed by atoms with Crippen molar-refractivity contribution in [1.82, 2.24) is 0 Å². The third-order valence-electron chi connectivity index (χ3n) is 5.03. The Morgan fingerprint density at radius 2 is 1.48 bits per heavy atom. The molecule has 1 atom stereocenters. The van der Waals surface area contributed by atoms with Gasteiger partial charge in [0, 0.05) is 16.8 Å². The van der Waals surface area contributed by atoms with Gasteiger partial charge in [-0.15, -0.1) is 0 Å². The highest BCUT2D eigenvalue weighted by atomic mass is 16.5. The first-order valence-electron chi connectivity index (χ1n) is 10.1. The van der Waals surface area contributed by atoms with Crippen molar-refractivity contribution in [3.63, 3.8) is 0 Å². The number of anilines is 1. The van der Waals surface area contributed by atoms with Crippen molar-refractivity contribution >= 4 is 11.6 Å². The Hall–Kier alpha value is -3.51. The van der Waals surface area contributed by atoms with E-state index in [2.05, 4.69) is 12.4 Å². The lowest BCUT2D eigenvalue weighted by Gasteiger charge is -2.19. The number of hydrogen-bond acceptors (Lipinski definition) is 4. The summed E-state index contributed by atoms with van der Waals surface area (Å²) in [6, 6.07) is 21.0. The normalized spacial score (nSPS) is 11.5. The maximum absolute atomic E-state index is 12.4. The summed E-state index contributed by atoms with van der Waals surface area (Å²) in [5, 5.41) is 2.90. The molecule has 0 spiro atoms. The van der Waals surface area contributed by atoms with Crippen molar-refractivity contribution in [1.29, 1.82) is 0 Å². The minimum Gasteiger partial charge on any atom is -0.493 e. The van der Waals surface area contributed by atoms with Crippen LogP contribution in [-0.4, -0.2) is 34.3 Å². The molecule has 6 heteroatoms. The topological polar surface area (TPSA) is 61.2 Å². The van der Waals surface area contributed by atoms with E-state index in [0.717, 1.165) is 29.9 Å². The zero-order chi connectivity index (χ0) is 22.2. The maximum atomic E-state index is 12.4. The van der Waals surface area contributed by atoms with E-state index in [-0.39, 0.29) is 5.91 Å². The van der Waals surface area contributed by atoms with E-state index < -0.39 is 0 Å². The Morgan fingerprint density at radius 3 is 2.10 bits per heavy atom. The van der Waals surface area contributed by atoms with Crippen molar-refractivity contribution in [2.24, 2.45) is 0 Å². The minimum atomic E-state index is -0.117. The van der Waals surface area contributed by atoms with Crippen molar-refractivity contribution < 1.29 is 23.9 Å².